The summed E-state index contributed by atoms with van der Waals surface area (Å²) < 4.78 is 5.78. The molecule has 0 spiro atoms. The lowest BCUT2D eigenvalue weighted by Gasteiger charge is -2.36. The van der Waals surface area contributed by atoms with Crippen LogP contribution in [-0.4, -0.2) is 64.9 Å². The molecular weight excluding hydrogens is 336 g/mol. The van der Waals surface area contributed by atoms with Crippen molar-refractivity contribution in [2.45, 2.75) is 50.8 Å². The number of carbonyl (C=O) groups is 1. The minimum Gasteiger partial charge on any atom is -0.372 e. The first-order valence-electron chi connectivity index (χ1n) is 9.14. The molecule has 1 amide bonds. The monoisotopic (exact) mass is 364 g/mol. The predicted octanol–water partition coefficient (Wildman–Crippen LogP) is 2.44. The van der Waals surface area contributed by atoms with Crippen molar-refractivity contribution in [2.75, 3.05) is 36.8 Å². The Morgan fingerprint density at radius 1 is 1.20 bits per heavy atom. The molecule has 1 aromatic heterocycles. The third-order valence-electron chi connectivity index (χ3n) is 4.85. The number of morpholine rings is 1. The van der Waals surface area contributed by atoms with Gasteiger partial charge in [0, 0.05) is 32.2 Å². The molecule has 0 radical (unpaired) electrons. The Labute approximate surface area is 154 Å². The van der Waals surface area contributed by atoms with Gasteiger partial charge in [0.15, 0.2) is 0 Å². The summed E-state index contributed by atoms with van der Waals surface area (Å²) in [6.45, 7) is 9.85. The third-order valence-corrected chi connectivity index (χ3v) is 5.76. The van der Waals surface area contributed by atoms with Gasteiger partial charge in [-0.05, 0) is 32.6 Å². The highest BCUT2D eigenvalue weighted by Gasteiger charge is 2.24. The van der Waals surface area contributed by atoms with E-state index in [9.17, 15) is 4.79 Å². The fourth-order valence-corrected chi connectivity index (χ4v) is 4.20. The fourth-order valence-electron chi connectivity index (χ4n) is 3.43. The number of hydrogen-bond donors (Lipinski definition) is 0. The van der Waals surface area contributed by atoms with E-state index in [1.165, 1.54) is 11.8 Å². The van der Waals surface area contributed by atoms with Crippen LogP contribution in [0.1, 0.15) is 33.6 Å². The van der Waals surface area contributed by atoms with Gasteiger partial charge in [-0.1, -0.05) is 18.7 Å². The van der Waals surface area contributed by atoms with E-state index in [-0.39, 0.29) is 18.1 Å². The largest absolute Gasteiger partial charge is 0.372 e. The van der Waals surface area contributed by atoms with Gasteiger partial charge in [-0.2, -0.15) is 0 Å². The van der Waals surface area contributed by atoms with E-state index in [0.717, 1.165) is 55.8 Å². The second-order valence-corrected chi connectivity index (χ2v) is 8.22. The Balaban J connectivity index is 1.55. The van der Waals surface area contributed by atoms with Gasteiger partial charge in [0.05, 0.1) is 18.0 Å². The van der Waals surface area contributed by atoms with Crippen LogP contribution in [0.15, 0.2) is 17.4 Å². The first kappa shape index (κ1) is 18.5. The number of ether oxygens (including phenoxy) is 1. The molecule has 0 bridgehead atoms. The van der Waals surface area contributed by atoms with Crippen molar-refractivity contribution in [1.29, 1.82) is 0 Å². The summed E-state index contributed by atoms with van der Waals surface area (Å²) >= 11 is 1.50. The van der Waals surface area contributed by atoms with E-state index < -0.39 is 0 Å². The Morgan fingerprint density at radius 3 is 2.56 bits per heavy atom. The van der Waals surface area contributed by atoms with E-state index >= 15 is 0 Å². The normalized spacial score (nSPS) is 25.2. The van der Waals surface area contributed by atoms with Crippen molar-refractivity contribution >= 4 is 23.5 Å². The van der Waals surface area contributed by atoms with E-state index in [1.807, 2.05) is 11.0 Å². The molecule has 0 aliphatic carbocycles. The Hall–Kier alpha value is -1.34. The summed E-state index contributed by atoms with van der Waals surface area (Å²) in [5.74, 6) is 2.31. The zero-order valence-corrected chi connectivity index (χ0v) is 16.2. The topological polar surface area (TPSA) is 58.6 Å². The van der Waals surface area contributed by atoms with Gasteiger partial charge in [0.25, 0.3) is 0 Å². The zero-order chi connectivity index (χ0) is 17.8. The summed E-state index contributed by atoms with van der Waals surface area (Å²) in [4.78, 5) is 25.3. The molecule has 2 aliphatic heterocycles. The van der Waals surface area contributed by atoms with Crippen LogP contribution in [0.2, 0.25) is 0 Å². The summed E-state index contributed by atoms with van der Waals surface area (Å²) in [6.07, 6.45) is 4.20. The van der Waals surface area contributed by atoms with Crippen molar-refractivity contribution in [1.82, 2.24) is 14.9 Å². The Morgan fingerprint density at radius 2 is 1.88 bits per heavy atom. The van der Waals surface area contributed by atoms with Crippen LogP contribution in [0.4, 0.5) is 5.82 Å². The number of piperidine rings is 1. The molecule has 2 atom stereocenters. The highest BCUT2D eigenvalue weighted by molar-refractivity contribution is 7.99. The molecule has 138 valence electrons. The summed E-state index contributed by atoms with van der Waals surface area (Å²) in [6, 6.07) is 1.99. The van der Waals surface area contributed by atoms with Crippen LogP contribution in [0.5, 0.6) is 0 Å². The summed E-state index contributed by atoms with van der Waals surface area (Å²) in [5, 5.41) is 0.857. The smallest absolute Gasteiger partial charge is 0.232 e. The van der Waals surface area contributed by atoms with Crippen LogP contribution in [0.25, 0.3) is 0 Å². The zero-order valence-electron chi connectivity index (χ0n) is 15.4. The average Bonchev–Trinajstić information content (AvgIpc) is 2.60. The van der Waals surface area contributed by atoms with Crippen molar-refractivity contribution in [3.8, 4) is 0 Å². The molecule has 25 heavy (non-hydrogen) atoms. The van der Waals surface area contributed by atoms with Gasteiger partial charge in [-0.25, -0.2) is 9.97 Å². The molecule has 0 saturated carbocycles. The maximum absolute atomic E-state index is 12.4. The van der Waals surface area contributed by atoms with Gasteiger partial charge >= 0.3 is 0 Å². The number of nitrogens with zero attached hydrogens (tertiary/aromatic N) is 4. The van der Waals surface area contributed by atoms with E-state index in [1.54, 1.807) is 6.33 Å². The van der Waals surface area contributed by atoms with Crippen molar-refractivity contribution in [3.63, 3.8) is 0 Å². The second-order valence-electron chi connectivity index (χ2n) is 7.23. The molecule has 7 heteroatoms. The molecule has 6 nitrogen and oxygen atoms in total. The van der Waals surface area contributed by atoms with Crippen molar-refractivity contribution in [3.05, 3.63) is 12.4 Å². The third kappa shape index (κ3) is 5.07. The number of thioether (sulfide) groups is 1. The first-order chi connectivity index (χ1) is 12.0. The molecule has 2 unspecified atom stereocenters. The van der Waals surface area contributed by atoms with Crippen LogP contribution in [0, 0.1) is 5.92 Å². The van der Waals surface area contributed by atoms with E-state index in [0.29, 0.717) is 5.75 Å². The molecule has 3 heterocycles. The molecule has 3 rings (SSSR count). The number of aromatic nitrogens is 2. The highest BCUT2D eigenvalue weighted by atomic mass is 32.2. The standard InChI is InChI=1S/C18H28N4O2S/c1-13-4-6-21(7-5-13)18(23)11-25-17-8-16(19-12-20-17)22-9-14(2)24-15(3)10-22/h8,12-15H,4-7,9-11H2,1-3H3. The summed E-state index contributed by atoms with van der Waals surface area (Å²) in [5.41, 5.74) is 0. The molecule has 2 saturated heterocycles. The molecule has 1 aromatic rings. The number of rotatable bonds is 4. The molecule has 0 aromatic carbocycles. The van der Waals surface area contributed by atoms with Crippen molar-refractivity contribution in [2.24, 2.45) is 5.92 Å². The van der Waals surface area contributed by atoms with E-state index in [2.05, 4.69) is 35.6 Å². The lowest BCUT2D eigenvalue weighted by atomic mass is 9.99. The van der Waals surface area contributed by atoms with Crippen LogP contribution < -0.4 is 4.90 Å². The lowest BCUT2D eigenvalue weighted by Crippen LogP contribution is -2.45. The van der Waals surface area contributed by atoms with Crippen molar-refractivity contribution < 1.29 is 9.53 Å². The van der Waals surface area contributed by atoms with Gasteiger partial charge < -0.3 is 14.5 Å². The number of carbonyl (C=O) groups excluding carboxylic acids is 1. The SMILES string of the molecule is CC1CCN(C(=O)CSc2cc(N3CC(C)OC(C)C3)ncn2)CC1. The molecule has 2 fully saturated rings. The quantitative estimate of drug-likeness (QED) is 0.604. The molecule has 0 N–H and O–H groups in total. The number of likely N-dealkylation sites (tertiary alicyclic amines) is 1. The minimum absolute atomic E-state index is 0.192. The summed E-state index contributed by atoms with van der Waals surface area (Å²) in [7, 11) is 0. The lowest BCUT2D eigenvalue weighted by molar-refractivity contribution is -0.129. The predicted molar refractivity (Wildman–Crippen MR) is 100.0 cm³/mol. The Bertz CT molecular complexity index is 582. The van der Waals surface area contributed by atoms with Crippen LogP contribution in [0.3, 0.4) is 0 Å². The minimum atomic E-state index is 0.192. The number of anilines is 1. The van der Waals surface area contributed by atoms with E-state index in [4.69, 9.17) is 4.74 Å². The van der Waals surface area contributed by atoms with Crippen LogP contribution >= 0.6 is 11.8 Å². The fraction of sp³-hybridized carbons (Fsp3) is 0.722. The number of hydrogen-bond acceptors (Lipinski definition) is 6. The number of amides is 1. The van der Waals surface area contributed by atoms with Crippen LogP contribution in [-0.2, 0) is 9.53 Å². The molecular formula is C18H28N4O2S. The second kappa shape index (κ2) is 8.36. The van der Waals surface area contributed by atoms with Gasteiger partial charge in [0.1, 0.15) is 17.2 Å². The highest BCUT2D eigenvalue weighted by Crippen LogP contribution is 2.24. The Kier molecular flexibility index (Phi) is 6.17. The van der Waals surface area contributed by atoms with Gasteiger partial charge in [0.2, 0.25) is 5.91 Å². The first-order valence-corrected chi connectivity index (χ1v) is 10.1. The van der Waals surface area contributed by atoms with Gasteiger partial charge in [-0.3, -0.25) is 4.79 Å². The maximum Gasteiger partial charge on any atom is 0.232 e. The average molecular weight is 365 g/mol. The molecule has 2 aliphatic rings. The van der Waals surface area contributed by atoms with Gasteiger partial charge in [-0.15, -0.1) is 0 Å². The maximum atomic E-state index is 12.4.